The van der Waals surface area contributed by atoms with E-state index in [0.29, 0.717) is 18.8 Å². The van der Waals surface area contributed by atoms with Crippen molar-refractivity contribution >= 4 is 6.29 Å². The Hall–Kier alpha value is -1.51. The van der Waals surface area contributed by atoms with Crippen LogP contribution in [0.2, 0.25) is 0 Å². The maximum absolute atomic E-state index is 11.3. The van der Waals surface area contributed by atoms with Crippen molar-refractivity contribution in [2.24, 2.45) is 0 Å². The van der Waals surface area contributed by atoms with Crippen LogP contribution in [-0.2, 0) is 0 Å². The number of aryl methyl sites for hydroxylation is 1. The first-order valence-electron chi connectivity index (χ1n) is 15.1. The summed E-state index contributed by atoms with van der Waals surface area (Å²) in [5.41, 5.74) is 1.65. The number of benzene rings is 1. The number of aldehydes is 1. The molecule has 1 rings (SSSR count). The number of hydrogen-bond acceptors (Lipinski definition) is 3. The Bertz CT molecular complexity index is 625. The maximum atomic E-state index is 11.3. The van der Waals surface area contributed by atoms with Crippen molar-refractivity contribution in [2.75, 3.05) is 13.2 Å². The third kappa shape index (κ3) is 16.7. The smallest absolute Gasteiger partial charge is 0.164 e. The molecule has 0 heterocycles. The zero-order valence-electron chi connectivity index (χ0n) is 23.5. The predicted molar refractivity (Wildman–Crippen MR) is 151 cm³/mol. The summed E-state index contributed by atoms with van der Waals surface area (Å²) >= 11 is 0. The highest BCUT2D eigenvalue weighted by Crippen LogP contribution is 2.33. The standard InChI is InChI=1S/C32H56O3/c1-4-6-8-10-12-14-16-18-20-22-24-34-31-27-30(28-33)26-29(3)32(31)35-25-23-21-19-17-15-13-11-9-7-5-2/h26-28H,4-25H2,1-3H3. The van der Waals surface area contributed by atoms with Crippen molar-refractivity contribution in [1.29, 1.82) is 0 Å². The summed E-state index contributed by atoms with van der Waals surface area (Å²) < 4.78 is 12.2. The molecule has 35 heavy (non-hydrogen) atoms. The Kier molecular flexibility index (Phi) is 20.6. The second kappa shape index (κ2) is 22.9. The lowest BCUT2D eigenvalue weighted by molar-refractivity contribution is 0.112. The lowest BCUT2D eigenvalue weighted by atomic mass is 10.1. The minimum atomic E-state index is 0.659. The van der Waals surface area contributed by atoms with Crippen molar-refractivity contribution in [1.82, 2.24) is 0 Å². The van der Waals surface area contributed by atoms with Crippen molar-refractivity contribution in [3.63, 3.8) is 0 Å². The highest BCUT2D eigenvalue weighted by atomic mass is 16.5. The first-order valence-corrected chi connectivity index (χ1v) is 15.1. The van der Waals surface area contributed by atoms with Crippen LogP contribution in [0, 0.1) is 6.92 Å². The third-order valence-electron chi connectivity index (χ3n) is 6.90. The molecule has 0 fully saturated rings. The van der Waals surface area contributed by atoms with E-state index in [9.17, 15) is 4.79 Å². The maximum Gasteiger partial charge on any atom is 0.164 e. The molecular formula is C32H56O3. The largest absolute Gasteiger partial charge is 0.490 e. The lowest BCUT2D eigenvalue weighted by Crippen LogP contribution is -2.05. The molecular weight excluding hydrogens is 432 g/mol. The molecule has 3 nitrogen and oxygen atoms in total. The summed E-state index contributed by atoms with van der Waals surface area (Å²) in [4.78, 5) is 11.3. The summed E-state index contributed by atoms with van der Waals surface area (Å²) in [5.74, 6) is 1.55. The molecule has 1 aromatic rings. The Labute approximate surface area is 217 Å². The molecule has 0 unspecified atom stereocenters. The van der Waals surface area contributed by atoms with Gasteiger partial charge in [0.15, 0.2) is 11.5 Å². The fourth-order valence-electron chi connectivity index (χ4n) is 4.66. The average molecular weight is 489 g/mol. The quantitative estimate of drug-likeness (QED) is 0.101. The van der Waals surface area contributed by atoms with Gasteiger partial charge in [0.05, 0.1) is 13.2 Å². The normalized spacial score (nSPS) is 11.1. The number of unbranched alkanes of at least 4 members (excludes halogenated alkanes) is 18. The van der Waals surface area contributed by atoms with Gasteiger partial charge in [-0.2, -0.15) is 0 Å². The molecule has 0 aliphatic heterocycles. The summed E-state index contributed by atoms with van der Waals surface area (Å²) in [5, 5.41) is 0. The highest BCUT2D eigenvalue weighted by molar-refractivity contribution is 5.77. The molecule has 0 bridgehead atoms. The molecule has 3 heteroatoms. The van der Waals surface area contributed by atoms with Crippen LogP contribution in [0.15, 0.2) is 12.1 Å². The van der Waals surface area contributed by atoms with E-state index in [1.54, 1.807) is 0 Å². The lowest BCUT2D eigenvalue weighted by Gasteiger charge is -2.16. The number of hydrogen-bond donors (Lipinski definition) is 0. The van der Waals surface area contributed by atoms with Crippen LogP contribution in [-0.4, -0.2) is 19.5 Å². The van der Waals surface area contributed by atoms with Crippen molar-refractivity contribution in [2.45, 2.75) is 149 Å². The second-order valence-electron chi connectivity index (χ2n) is 10.3. The molecule has 0 radical (unpaired) electrons. The summed E-state index contributed by atoms with van der Waals surface area (Å²) in [6, 6.07) is 3.73. The van der Waals surface area contributed by atoms with E-state index in [1.807, 2.05) is 19.1 Å². The topological polar surface area (TPSA) is 35.5 Å². The molecule has 0 N–H and O–H groups in total. The van der Waals surface area contributed by atoms with Gasteiger partial charge in [-0.3, -0.25) is 4.79 Å². The number of carbonyl (C=O) groups is 1. The minimum Gasteiger partial charge on any atom is -0.490 e. The fraction of sp³-hybridized carbons (Fsp3) is 0.781. The monoisotopic (exact) mass is 488 g/mol. The van der Waals surface area contributed by atoms with Gasteiger partial charge in [0.1, 0.15) is 6.29 Å². The van der Waals surface area contributed by atoms with E-state index < -0.39 is 0 Å². The molecule has 202 valence electrons. The van der Waals surface area contributed by atoms with Crippen molar-refractivity contribution in [3.8, 4) is 11.5 Å². The Morgan fingerprint density at radius 3 is 1.40 bits per heavy atom. The Balaban J connectivity index is 2.23. The summed E-state index contributed by atoms with van der Waals surface area (Å²) in [6.45, 7) is 7.95. The van der Waals surface area contributed by atoms with Gasteiger partial charge in [0, 0.05) is 5.56 Å². The van der Waals surface area contributed by atoms with E-state index in [4.69, 9.17) is 9.47 Å². The molecule has 1 aromatic carbocycles. The molecule has 0 aliphatic carbocycles. The number of carbonyl (C=O) groups excluding carboxylic acids is 1. The van der Waals surface area contributed by atoms with E-state index in [2.05, 4.69) is 13.8 Å². The first kappa shape index (κ1) is 31.5. The van der Waals surface area contributed by atoms with Gasteiger partial charge < -0.3 is 9.47 Å². The highest BCUT2D eigenvalue weighted by Gasteiger charge is 2.11. The molecule has 0 spiro atoms. The zero-order valence-corrected chi connectivity index (χ0v) is 23.5. The van der Waals surface area contributed by atoms with Gasteiger partial charge in [-0.25, -0.2) is 0 Å². The van der Waals surface area contributed by atoms with Crippen LogP contribution in [0.1, 0.15) is 158 Å². The number of ether oxygens (including phenoxy) is 2. The van der Waals surface area contributed by atoms with E-state index in [0.717, 1.165) is 36.2 Å². The first-order chi connectivity index (χ1) is 17.2. The molecule has 0 atom stereocenters. The van der Waals surface area contributed by atoms with Gasteiger partial charge in [0.2, 0.25) is 0 Å². The minimum absolute atomic E-state index is 0.659. The fourth-order valence-corrected chi connectivity index (χ4v) is 4.66. The van der Waals surface area contributed by atoms with Gasteiger partial charge in [-0.15, -0.1) is 0 Å². The van der Waals surface area contributed by atoms with E-state index in [1.165, 1.54) is 116 Å². The molecule has 0 aromatic heterocycles. The van der Waals surface area contributed by atoms with Gasteiger partial charge in [-0.05, 0) is 37.5 Å². The average Bonchev–Trinajstić information content (AvgIpc) is 2.86. The van der Waals surface area contributed by atoms with Crippen LogP contribution in [0.25, 0.3) is 0 Å². The zero-order chi connectivity index (χ0) is 25.4. The number of rotatable bonds is 25. The van der Waals surface area contributed by atoms with Crippen molar-refractivity contribution < 1.29 is 14.3 Å². The van der Waals surface area contributed by atoms with Gasteiger partial charge >= 0.3 is 0 Å². The van der Waals surface area contributed by atoms with Crippen molar-refractivity contribution in [3.05, 3.63) is 23.3 Å². The molecule has 0 saturated heterocycles. The SMILES string of the molecule is CCCCCCCCCCCCOc1cc(C=O)cc(C)c1OCCCCCCCCCCCC. The summed E-state index contributed by atoms with van der Waals surface area (Å²) in [6.07, 6.45) is 27.2. The van der Waals surface area contributed by atoms with Crippen LogP contribution in [0.3, 0.4) is 0 Å². The molecule has 0 aliphatic rings. The van der Waals surface area contributed by atoms with Crippen LogP contribution in [0.4, 0.5) is 0 Å². The van der Waals surface area contributed by atoms with E-state index >= 15 is 0 Å². The molecule has 0 saturated carbocycles. The van der Waals surface area contributed by atoms with Gasteiger partial charge in [-0.1, -0.05) is 129 Å². The Morgan fingerprint density at radius 1 is 0.571 bits per heavy atom. The van der Waals surface area contributed by atoms with Crippen LogP contribution < -0.4 is 9.47 Å². The predicted octanol–water partition coefficient (Wildman–Crippen LogP) is 10.4. The Morgan fingerprint density at radius 2 is 0.971 bits per heavy atom. The van der Waals surface area contributed by atoms with Crippen LogP contribution in [0.5, 0.6) is 11.5 Å². The van der Waals surface area contributed by atoms with Crippen LogP contribution >= 0.6 is 0 Å². The molecule has 0 amide bonds. The summed E-state index contributed by atoms with van der Waals surface area (Å²) in [7, 11) is 0. The second-order valence-corrected chi connectivity index (χ2v) is 10.3. The van der Waals surface area contributed by atoms with Gasteiger partial charge in [0.25, 0.3) is 0 Å². The third-order valence-corrected chi connectivity index (χ3v) is 6.90. The van der Waals surface area contributed by atoms with E-state index in [-0.39, 0.29) is 0 Å².